The molecule has 0 aromatic carbocycles. The highest BCUT2D eigenvalue weighted by molar-refractivity contribution is 5.69. The van der Waals surface area contributed by atoms with Crippen molar-refractivity contribution < 1.29 is 20.0 Å². The van der Waals surface area contributed by atoms with Gasteiger partial charge in [0.2, 0.25) is 0 Å². The molecule has 0 saturated carbocycles. The van der Waals surface area contributed by atoms with Gasteiger partial charge < -0.3 is 5.11 Å². The third kappa shape index (κ3) is 5.19. The molecule has 14 heavy (non-hydrogen) atoms. The van der Waals surface area contributed by atoms with E-state index in [9.17, 15) is 4.79 Å². The zero-order chi connectivity index (χ0) is 11.4. The van der Waals surface area contributed by atoms with Crippen molar-refractivity contribution in [3.05, 3.63) is 0 Å². The molecule has 0 fully saturated rings. The third-order valence-electron chi connectivity index (χ3n) is 2.26. The summed E-state index contributed by atoms with van der Waals surface area (Å²) in [6, 6.07) is 0. The van der Waals surface area contributed by atoms with Crippen molar-refractivity contribution in [3.8, 4) is 0 Å². The topological polar surface area (TPSA) is 66.8 Å². The van der Waals surface area contributed by atoms with Crippen LogP contribution in [-0.4, -0.2) is 22.9 Å². The molecule has 0 rings (SSSR count). The zero-order valence-corrected chi connectivity index (χ0v) is 9.28. The first-order valence-electron chi connectivity index (χ1n) is 4.77. The van der Waals surface area contributed by atoms with Gasteiger partial charge in [0.1, 0.15) is 0 Å². The molecule has 0 saturated heterocycles. The van der Waals surface area contributed by atoms with E-state index in [1.54, 1.807) is 6.92 Å². The minimum Gasteiger partial charge on any atom is -0.481 e. The smallest absolute Gasteiger partial charge is 0.306 e. The van der Waals surface area contributed by atoms with Crippen LogP contribution in [0.4, 0.5) is 0 Å². The maximum Gasteiger partial charge on any atom is 0.306 e. The maximum absolute atomic E-state index is 10.8. The second-order valence-electron chi connectivity index (χ2n) is 4.95. The van der Waals surface area contributed by atoms with Gasteiger partial charge in [-0.25, -0.2) is 4.89 Å². The van der Waals surface area contributed by atoms with Crippen molar-refractivity contribution >= 4 is 5.97 Å². The summed E-state index contributed by atoms with van der Waals surface area (Å²) in [5, 5.41) is 17.2. The van der Waals surface area contributed by atoms with Crippen LogP contribution in [0, 0.1) is 17.3 Å². The van der Waals surface area contributed by atoms with Gasteiger partial charge in [0.05, 0.1) is 12.5 Å². The Bertz CT molecular complexity index is 183. The predicted octanol–water partition coefficient (Wildman–Crippen LogP) is 2.25. The van der Waals surface area contributed by atoms with Crippen LogP contribution in [0.5, 0.6) is 0 Å². The molecule has 0 radical (unpaired) electrons. The maximum atomic E-state index is 10.8. The van der Waals surface area contributed by atoms with Gasteiger partial charge in [-0.1, -0.05) is 27.7 Å². The summed E-state index contributed by atoms with van der Waals surface area (Å²) in [4.78, 5) is 14.8. The molecule has 4 heteroatoms. The van der Waals surface area contributed by atoms with Gasteiger partial charge >= 0.3 is 5.97 Å². The molecule has 0 spiro atoms. The quantitative estimate of drug-likeness (QED) is 0.532. The van der Waals surface area contributed by atoms with Gasteiger partial charge in [0.15, 0.2) is 0 Å². The molecule has 0 aliphatic heterocycles. The standard InChI is InChI=1S/C10H20O4/c1-7(9(11)12)8(6-14-13)5-10(2,3)4/h7-8,13H,5-6H2,1-4H3,(H,11,12). The first-order chi connectivity index (χ1) is 6.28. The molecular formula is C10H20O4. The van der Waals surface area contributed by atoms with Crippen LogP contribution >= 0.6 is 0 Å². The lowest BCUT2D eigenvalue weighted by Gasteiger charge is -2.27. The highest BCUT2D eigenvalue weighted by atomic mass is 17.1. The van der Waals surface area contributed by atoms with Crippen LogP contribution in [0.3, 0.4) is 0 Å². The second-order valence-corrected chi connectivity index (χ2v) is 4.95. The van der Waals surface area contributed by atoms with E-state index in [4.69, 9.17) is 10.4 Å². The molecule has 0 amide bonds. The van der Waals surface area contributed by atoms with Crippen molar-refractivity contribution in [2.24, 2.45) is 17.3 Å². The number of carbonyl (C=O) groups is 1. The normalized spacial score (nSPS) is 16.4. The van der Waals surface area contributed by atoms with Gasteiger partial charge in [-0.15, -0.1) is 0 Å². The van der Waals surface area contributed by atoms with E-state index in [-0.39, 0.29) is 17.9 Å². The third-order valence-corrected chi connectivity index (χ3v) is 2.26. The first kappa shape index (κ1) is 13.4. The van der Waals surface area contributed by atoms with Gasteiger partial charge in [0, 0.05) is 0 Å². The largest absolute Gasteiger partial charge is 0.481 e. The Morgan fingerprint density at radius 2 is 1.93 bits per heavy atom. The van der Waals surface area contributed by atoms with Crippen molar-refractivity contribution in [3.63, 3.8) is 0 Å². The number of aliphatic carboxylic acids is 1. The number of hydrogen-bond acceptors (Lipinski definition) is 3. The molecule has 0 aromatic rings. The van der Waals surface area contributed by atoms with Crippen molar-refractivity contribution in [1.29, 1.82) is 0 Å². The molecule has 2 N–H and O–H groups in total. The van der Waals surface area contributed by atoms with E-state index < -0.39 is 11.9 Å². The average Bonchev–Trinajstić information content (AvgIpc) is 1.99. The van der Waals surface area contributed by atoms with Crippen molar-refractivity contribution in [2.45, 2.75) is 34.1 Å². The lowest BCUT2D eigenvalue weighted by Crippen LogP contribution is -2.28. The molecule has 2 unspecified atom stereocenters. The molecule has 4 nitrogen and oxygen atoms in total. The fourth-order valence-electron chi connectivity index (χ4n) is 1.46. The molecule has 0 bridgehead atoms. The number of carboxylic acid groups (broad SMARTS) is 1. The van der Waals surface area contributed by atoms with E-state index in [0.29, 0.717) is 6.42 Å². The van der Waals surface area contributed by atoms with Gasteiger partial charge in [-0.05, 0) is 17.8 Å². The first-order valence-corrected chi connectivity index (χ1v) is 4.77. The Kier molecular flexibility index (Phi) is 5.08. The minimum absolute atomic E-state index is 0.0346. The molecule has 0 aromatic heterocycles. The van der Waals surface area contributed by atoms with Crippen LogP contribution in [0.2, 0.25) is 0 Å². The summed E-state index contributed by atoms with van der Waals surface area (Å²) < 4.78 is 0. The van der Waals surface area contributed by atoms with Crippen LogP contribution in [0.15, 0.2) is 0 Å². The minimum atomic E-state index is -0.851. The molecule has 0 aliphatic carbocycles. The van der Waals surface area contributed by atoms with Crippen LogP contribution in [0.1, 0.15) is 34.1 Å². The summed E-state index contributed by atoms with van der Waals surface area (Å²) >= 11 is 0. The van der Waals surface area contributed by atoms with Crippen LogP contribution in [-0.2, 0) is 9.68 Å². The van der Waals surface area contributed by atoms with Crippen molar-refractivity contribution in [2.75, 3.05) is 6.61 Å². The number of rotatable bonds is 5. The van der Waals surface area contributed by atoms with Crippen LogP contribution in [0.25, 0.3) is 0 Å². The molecule has 0 heterocycles. The molecule has 84 valence electrons. The summed E-state index contributed by atoms with van der Waals surface area (Å²) in [5.74, 6) is -1.50. The molecule has 2 atom stereocenters. The lowest BCUT2D eigenvalue weighted by molar-refractivity contribution is -0.255. The SMILES string of the molecule is CC(C(=O)O)C(COO)CC(C)(C)C. The van der Waals surface area contributed by atoms with E-state index >= 15 is 0 Å². The second kappa shape index (κ2) is 5.32. The highest BCUT2D eigenvalue weighted by Crippen LogP contribution is 2.29. The number of hydrogen-bond donors (Lipinski definition) is 2. The number of carboxylic acids is 1. The Balaban J connectivity index is 4.36. The highest BCUT2D eigenvalue weighted by Gasteiger charge is 2.28. The van der Waals surface area contributed by atoms with Crippen molar-refractivity contribution in [1.82, 2.24) is 0 Å². The Labute approximate surface area is 84.8 Å². The lowest BCUT2D eigenvalue weighted by atomic mass is 9.79. The molecule has 0 aliphatic rings. The van der Waals surface area contributed by atoms with E-state index in [2.05, 4.69) is 4.89 Å². The van der Waals surface area contributed by atoms with Gasteiger partial charge in [-0.2, -0.15) is 0 Å². The fourth-order valence-corrected chi connectivity index (χ4v) is 1.46. The fraction of sp³-hybridized carbons (Fsp3) is 0.900. The monoisotopic (exact) mass is 204 g/mol. The van der Waals surface area contributed by atoms with Gasteiger partial charge in [-0.3, -0.25) is 10.1 Å². The van der Waals surface area contributed by atoms with E-state index in [0.717, 1.165) is 0 Å². The summed E-state index contributed by atoms with van der Waals surface area (Å²) in [6.45, 7) is 7.81. The zero-order valence-electron chi connectivity index (χ0n) is 9.28. The molecular weight excluding hydrogens is 184 g/mol. The summed E-state index contributed by atoms with van der Waals surface area (Å²) in [7, 11) is 0. The van der Waals surface area contributed by atoms with E-state index in [1.807, 2.05) is 20.8 Å². The van der Waals surface area contributed by atoms with Crippen LogP contribution < -0.4 is 0 Å². The Hall–Kier alpha value is -0.610. The average molecular weight is 204 g/mol. The predicted molar refractivity (Wildman–Crippen MR) is 52.9 cm³/mol. The van der Waals surface area contributed by atoms with Gasteiger partial charge in [0.25, 0.3) is 0 Å². The Morgan fingerprint density at radius 1 is 1.43 bits per heavy atom. The Morgan fingerprint density at radius 3 is 2.21 bits per heavy atom. The summed E-state index contributed by atoms with van der Waals surface area (Å²) in [5.41, 5.74) is 0.0346. The summed E-state index contributed by atoms with van der Waals surface area (Å²) in [6.07, 6.45) is 0.709. The van der Waals surface area contributed by atoms with E-state index in [1.165, 1.54) is 0 Å².